The molecule has 2 aromatic rings. The summed E-state index contributed by atoms with van der Waals surface area (Å²) in [7, 11) is 0. The lowest BCUT2D eigenvalue weighted by atomic mass is 10.3. The molecule has 1 aromatic carbocycles. The van der Waals surface area contributed by atoms with Crippen LogP contribution in [0.15, 0.2) is 18.2 Å². The molecular formula is C9H5ClF2N2OS. The van der Waals surface area contributed by atoms with E-state index in [-0.39, 0.29) is 16.8 Å². The van der Waals surface area contributed by atoms with Crippen molar-refractivity contribution in [1.82, 2.24) is 10.2 Å². The highest BCUT2D eigenvalue weighted by atomic mass is 35.5. The lowest BCUT2D eigenvalue weighted by Gasteiger charge is -2.04. The van der Waals surface area contributed by atoms with Crippen molar-refractivity contribution in [2.45, 2.75) is 6.61 Å². The minimum Gasteiger partial charge on any atom is -0.483 e. The van der Waals surface area contributed by atoms with Crippen LogP contribution in [0.2, 0.25) is 4.47 Å². The Morgan fingerprint density at radius 3 is 2.81 bits per heavy atom. The van der Waals surface area contributed by atoms with Crippen LogP contribution < -0.4 is 4.74 Å². The van der Waals surface area contributed by atoms with Gasteiger partial charge in [-0.25, -0.2) is 8.78 Å². The lowest BCUT2D eigenvalue weighted by molar-refractivity contribution is 0.287. The normalized spacial score (nSPS) is 10.4. The van der Waals surface area contributed by atoms with Crippen molar-refractivity contribution < 1.29 is 13.5 Å². The molecule has 3 nitrogen and oxygen atoms in total. The van der Waals surface area contributed by atoms with Gasteiger partial charge in [0.2, 0.25) is 4.47 Å². The van der Waals surface area contributed by atoms with Gasteiger partial charge < -0.3 is 4.74 Å². The Bertz CT molecular complexity index is 506. The van der Waals surface area contributed by atoms with Crippen molar-refractivity contribution in [3.8, 4) is 5.75 Å². The number of nitrogens with zero attached hydrogens (tertiary/aromatic N) is 2. The van der Waals surface area contributed by atoms with Gasteiger partial charge >= 0.3 is 0 Å². The molecule has 7 heteroatoms. The third kappa shape index (κ3) is 2.65. The molecule has 1 heterocycles. The van der Waals surface area contributed by atoms with Crippen LogP contribution in [-0.2, 0) is 6.61 Å². The van der Waals surface area contributed by atoms with E-state index in [0.717, 1.165) is 29.5 Å². The molecule has 0 amide bonds. The van der Waals surface area contributed by atoms with Gasteiger partial charge in [0.25, 0.3) is 0 Å². The molecule has 0 spiro atoms. The van der Waals surface area contributed by atoms with Gasteiger partial charge in [-0.1, -0.05) is 11.3 Å². The number of rotatable bonds is 3. The lowest BCUT2D eigenvalue weighted by Crippen LogP contribution is -1.97. The van der Waals surface area contributed by atoms with Crippen molar-refractivity contribution in [2.24, 2.45) is 0 Å². The number of aromatic nitrogens is 2. The summed E-state index contributed by atoms with van der Waals surface area (Å²) in [5, 5.41) is 7.73. The van der Waals surface area contributed by atoms with Gasteiger partial charge in [-0.3, -0.25) is 0 Å². The van der Waals surface area contributed by atoms with Gasteiger partial charge in [0, 0.05) is 6.07 Å². The van der Waals surface area contributed by atoms with Gasteiger partial charge in [0.05, 0.1) is 0 Å². The first-order valence-corrected chi connectivity index (χ1v) is 5.40. The zero-order chi connectivity index (χ0) is 11.5. The summed E-state index contributed by atoms with van der Waals surface area (Å²) < 4.78 is 31.2. The Morgan fingerprint density at radius 2 is 2.12 bits per heavy atom. The molecule has 0 radical (unpaired) electrons. The van der Waals surface area contributed by atoms with Crippen LogP contribution in [0.25, 0.3) is 0 Å². The molecule has 1 aromatic heterocycles. The molecule has 0 saturated heterocycles. The molecule has 0 aliphatic rings. The van der Waals surface area contributed by atoms with E-state index in [1.54, 1.807) is 0 Å². The fourth-order valence-corrected chi connectivity index (χ4v) is 1.80. The summed E-state index contributed by atoms with van der Waals surface area (Å²) in [5.74, 6) is -1.35. The largest absolute Gasteiger partial charge is 0.483 e. The Kier molecular flexibility index (Phi) is 3.31. The van der Waals surface area contributed by atoms with Gasteiger partial charge in [-0.2, -0.15) is 0 Å². The van der Waals surface area contributed by atoms with Crippen LogP contribution in [0, 0.1) is 11.6 Å². The number of halogens is 3. The molecule has 16 heavy (non-hydrogen) atoms. The van der Waals surface area contributed by atoms with Gasteiger partial charge in [0.1, 0.15) is 12.4 Å². The van der Waals surface area contributed by atoms with E-state index < -0.39 is 11.6 Å². The quantitative estimate of drug-likeness (QED) is 0.853. The van der Waals surface area contributed by atoms with E-state index >= 15 is 0 Å². The second-order valence-corrected chi connectivity index (χ2v) is 4.46. The average molecular weight is 263 g/mol. The van der Waals surface area contributed by atoms with Crippen LogP contribution in [0.4, 0.5) is 8.78 Å². The first-order chi connectivity index (χ1) is 7.65. The SMILES string of the molecule is Fc1ccc(F)c(OCc2nnc(Cl)s2)c1. The smallest absolute Gasteiger partial charge is 0.207 e. The maximum Gasteiger partial charge on any atom is 0.207 e. The fourth-order valence-electron chi connectivity index (χ4n) is 1.02. The minimum atomic E-state index is -0.628. The Labute approximate surface area is 98.6 Å². The Balaban J connectivity index is 2.07. The highest BCUT2D eigenvalue weighted by Gasteiger charge is 2.07. The van der Waals surface area contributed by atoms with Crippen LogP contribution in [0.5, 0.6) is 5.75 Å². The standard InChI is InChI=1S/C9H5ClF2N2OS/c10-9-14-13-8(16-9)4-15-7-3-5(11)1-2-6(7)12/h1-3H,4H2. The van der Waals surface area contributed by atoms with E-state index in [1.165, 1.54) is 0 Å². The second-order valence-electron chi connectivity index (χ2n) is 2.81. The fraction of sp³-hybridized carbons (Fsp3) is 0.111. The topological polar surface area (TPSA) is 35.0 Å². The number of benzene rings is 1. The van der Waals surface area contributed by atoms with Gasteiger partial charge in [-0.05, 0) is 23.7 Å². The Hall–Kier alpha value is -1.27. The van der Waals surface area contributed by atoms with Crippen LogP contribution in [-0.4, -0.2) is 10.2 Å². The van der Waals surface area contributed by atoms with E-state index in [2.05, 4.69) is 10.2 Å². The molecule has 0 fully saturated rings. The molecule has 2 rings (SSSR count). The van der Waals surface area contributed by atoms with E-state index in [4.69, 9.17) is 16.3 Å². The monoisotopic (exact) mass is 262 g/mol. The van der Waals surface area contributed by atoms with E-state index in [1.807, 2.05) is 0 Å². The highest BCUT2D eigenvalue weighted by molar-refractivity contribution is 7.15. The van der Waals surface area contributed by atoms with Crippen LogP contribution in [0.1, 0.15) is 5.01 Å². The minimum absolute atomic E-state index is 0.00472. The van der Waals surface area contributed by atoms with E-state index in [0.29, 0.717) is 5.01 Å². The first kappa shape index (κ1) is 11.2. The predicted octanol–water partition coefficient (Wildman–Crippen LogP) is 3.05. The van der Waals surface area contributed by atoms with Crippen molar-refractivity contribution in [3.05, 3.63) is 39.3 Å². The molecule has 0 atom stereocenters. The third-order valence-electron chi connectivity index (χ3n) is 1.69. The summed E-state index contributed by atoms with van der Waals surface area (Å²) in [6, 6.07) is 2.99. The number of hydrogen-bond donors (Lipinski definition) is 0. The third-order valence-corrected chi connectivity index (χ3v) is 2.68. The van der Waals surface area contributed by atoms with Crippen molar-refractivity contribution >= 4 is 22.9 Å². The van der Waals surface area contributed by atoms with Crippen LogP contribution in [0.3, 0.4) is 0 Å². The molecule has 0 unspecified atom stereocenters. The van der Waals surface area contributed by atoms with Crippen molar-refractivity contribution in [2.75, 3.05) is 0 Å². The molecule has 0 aliphatic heterocycles. The zero-order valence-corrected chi connectivity index (χ0v) is 9.36. The second kappa shape index (κ2) is 4.71. The summed E-state index contributed by atoms with van der Waals surface area (Å²) in [5.41, 5.74) is 0. The number of hydrogen-bond acceptors (Lipinski definition) is 4. The first-order valence-electron chi connectivity index (χ1n) is 4.21. The molecule has 0 N–H and O–H groups in total. The zero-order valence-electron chi connectivity index (χ0n) is 7.78. The van der Waals surface area contributed by atoms with E-state index in [9.17, 15) is 8.78 Å². The van der Waals surface area contributed by atoms with Crippen LogP contribution >= 0.6 is 22.9 Å². The van der Waals surface area contributed by atoms with Gasteiger partial charge in [-0.15, -0.1) is 10.2 Å². The predicted molar refractivity (Wildman–Crippen MR) is 55.6 cm³/mol. The molecule has 0 bridgehead atoms. The molecule has 0 saturated carbocycles. The molecule has 84 valence electrons. The summed E-state index contributed by atoms with van der Waals surface area (Å²) in [4.78, 5) is 0. The number of ether oxygens (including phenoxy) is 1. The summed E-state index contributed by atoms with van der Waals surface area (Å²) in [6.07, 6.45) is 0. The highest BCUT2D eigenvalue weighted by Crippen LogP contribution is 2.21. The van der Waals surface area contributed by atoms with Crippen molar-refractivity contribution in [3.63, 3.8) is 0 Å². The summed E-state index contributed by atoms with van der Waals surface area (Å²) >= 11 is 6.67. The summed E-state index contributed by atoms with van der Waals surface area (Å²) in [6.45, 7) is 0.00472. The van der Waals surface area contributed by atoms with Gasteiger partial charge in [0.15, 0.2) is 16.6 Å². The molecular weight excluding hydrogens is 258 g/mol. The van der Waals surface area contributed by atoms with Crippen molar-refractivity contribution in [1.29, 1.82) is 0 Å². The maximum absolute atomic E-state index is 13.1. The Morgan fingerprint density at radius 1 is 1.31 bits per heavy atom. The average Bonchev–Trinajstić information content (AvgIpc) is 2.66. The molecule has 0 aliphatic carbocycles. The maximum atomic E-state index is 13.1.